The fraction of sp³-hybridized carbons (Fsp3) is 0.312. The van der Waals surface area contributed by atoms with Crippen molar-refractivity contribution in [1.29, 1.82) is 5.26 Å². The van der Waals surface area contributed by atoms with Crippen LogP contribution < -0.4 is 5.32 Å². The minimum atomic E-state index is -0.340. The molecular formula is C16H17N5OS. The molecule has 0 aliphatic carbocycles. The van der Waals surface area contributed by atoms with E-state index in [1.165, 1.54) is 11.3 Å². The largest absolute Gasteiger partial charge is 0.307 e. The van der Waals surface area contributed by atoms with E-state index in [1.54, 1.807) is 11.1 Å². The molecule has 0 bridgehead atoms. The molecule has 1 aromatic carbocycles. The number of aromatic nitrogens is 1. The number of carbonyl (C=O) groups is 1. The number of nitrogens with one attached hydrogen (secondary N) is 1. The van der Waals surface area contributed by atoms with Crippen molar-refractivity contribution in [2.75, 3.05) is 32.0 Å². The Balaban J connectivity index is 1.69. The maximum Gasteiger partial charge on any atom is 0.245 e. The van der Waals surface area contributed by atoms with Gasteiger partial charge >= 0.3 is 0 Å². The van der Waals surface area contributed by atoms with E-state index in [4.69, 9.17) is 5.26 Å². The molecule has 3 rings (SSSR count). The summed E-state index contributed by atoms with van der Waals surface area (Å²) in [5, 5.41) is 12.5. The van der Waals surface area contributed by atoms with Crippen molar-refractivity contribution >= 4 is 22.4 Å². The van der Waals surface area contributed by atoms with Crippen LogP contribution in [0.3, 0.4) is 0 Å². The molecule has 6 nitrogen and oxygen atoms in total. The molecule has 23 heavy (non-hydrogen) atoms. The van der Waals surface area contributed by atoms with Crippen molar-refractivity contribution in [1.82, 2.24) is 14.8 Å². The average Bonchev–Trinajstić information content (AvgIpc) is 3.04. The van der Waals surface area contributed by atoms with Crippen LogP contribution in [0.25, 0.3) is 10.4 Å². The Hall–Kier alpha value is -2.43. The van der Waals surface area contributed by atoms with Gasteiger partial charge in [-0.05, 0) is 12.6 Å². The zero-order valence-electron chi connectivity index (χ0n) is 12.8. The summed E-state index contributed by atoms with van der Waals surface area (Å²) in [5.41, 5.74) is 1.08. The van der Waals surface area contributed by atoms with E-state index >= 15 is 0 Å². The number of anilines is 1. The molecule has 1 saturated heterocycles. The van der Waals surface area contributed by atoms with Gasteiger partial charge in [0.2, 0.25) is 5.91 Å². The number of carbonyl (C=O) groups excluding carboxylic acids is 1. The molecule has 0 spiro atoms. The second-order valence-corrected chi connectivity index (χ2v) is 6.46. The third kappa shape index (κ3) is 3.50. The highest BCUT2D eigenvalue weighted by atomic mass is 32.1. The van der Waals surface area contributed by atoms with E-state index in [-0.39, 0.29) is 11.9 Å². The lowest BCUT2D eigenvalue weighted by Crippen LogP contribution is -2.54. The number of nitrogens with zero attached hydrogens (tertiary/aromatic N) is 4. The summed E-state index contributed by atoms with van der Waals surface area (Å²) in [6, 6.07) is 9.60. The fourth-order valence-electron chi connectivity index (χ4n) is 2.50. The third-order valence-corrected chi connectivity index (χ3v) is 4.85. The van der Waals surface area contributed by atoms with Gasteiger partial charge in [0.15, 0.2) is 11.3 Å². The highest BCUT2D eigenvalue weighted by Crippen LogP contribution is 2.28. The number of piperazine rings is 1. The number of likely N-dealkylation sites (N-methyl/N-ethyl adjacent to an activating group) is 1. The first kappa shape index (κ1) is 15.5. The molecule has 1 aliphatic heterocycles. The maximum absolute atomic E-state index is 12.5. The molecule has 0 radical (unpaired) electrons. The van der Waals surface area contributed by atoms with Gasteiger partial charge in [-0.15, -0.1) is 0 Å². The Morgan fingerprint density at radius 2 is 2.17 bits per heavy atom. The molecule has 0 unspecified atom stereocenters. The molecule has 0 saturated carbocycles. The Kier molecular flexibility index (Phi) is 4.55. The summed E-state index contributed by atoms with van der Waals surface area (Å²) in [5.74, 6) is -0.124. The highest BCUT2D eigenvalue weighted by molar-refractivity contribution is 7.19. The monoisotopic (exact) mass is 327 g/mol. The molecule has 1 aliphatic rings. The van der Waals surface area contributed by atoms with Crippen molar-refractivity contribution in [3.63, 3.8) is 0 Å². The number of rotatable bonds is 3. The van der Waals surface area contributed by atoms with E-state index in [0.717, 1.165) is 10.4 Å². The summed E-state index contributed by atoms with van der Waals surface area (Å²) in [6.07, 6.45) is 3.88. The van der Waals surface area contributed by atoms with Crippen molar-refractivity contribution < 1.29 is 4.79 Å². The standard InChI is InChI=1S/C16H17N5OS/c1-20-7-8-21(11-17)10-13(20)15(22)19-16-18-9-14(23-16)12-5-3-2-4-6-12/h2-6,9,13H,7-8,10H2,1H3,(H,18,19,22)/t13-/m0/s1. The number of hydrogen-bond donors (Lipinski definition) is 1. The molecule has 118 valence electrons. The molecular weight excluding hydrogens is 310 g/mol. The minimum absolute atomic E-state index is 0.124. The quantitative estimate of drug-likeness (QED) is 0.871. The lowest BCUT2D eigenvalue weighted by Gasteiger charge is -2.35. The van der Waals surface area contributed by atoms with E-state index in [2.05, 4.69) is 16.5 Å². The molecule has 1 fully saturated rings. The predicted octanol–water partition coefficient (Wildman–Crippen LogP) is 1.85. The summed E-state index contributed by atoms with van der Waals surface area (Å²) in [4.78, 5) is 21.3. The summed E-state index contributed by atoms with van der Waals surface area (Å²) in [7, 11) is 1.90. The van der Waals surface area contributed by atoms with Gasteiger partial charge in [0, 0.05) is 19.3 Å². The first-order valence-corrected chi connectivity index (χ1v) is 8.16. The van der Waals surface area contributed by atoms with Crippen molar-refractivity contribution in [3.8, 4) is 16.6 Å². The van der Waals surface area contributed by atoms with Crippen LogP contribution >= 0.6 is 11.3 Å². The fourth-order valence-corrected chi connectivity index (χ4v) is 3.33. The number of nitriles is 1. The summed E-state index contributed by atoms with van der Waals surface area (Å²) < 4.78 is 0. The number of thiazole rings is 1. The number of amides is 1. The maximum atomic E-state index is 12.5. The molecule has 1 amide bonds. The molecule has 1 aromatic heterocycles. The first-order valence-electron chi connectivity index (χ1n) is 7.34. The Bertz CT molecular complexity index is 724. The highest BCUT2D eigenvalue weighted by Gasteiger charge is 2.30. The Labute approximate surface area is 139 Å². The predicted molar refractivity (Wildman–Crippen MR) is 89.8 cm³/mol. The van der Waals surface area contributed by atoms with E-state index in [0.29, 0.717) is 24.8 Å². The SMILES string of the molecule is CN1CCN(C#N)C[C@H]1C(=O)Nc1ncc(-c2ccccc2)s1. The van der Waals surface area contributed by atoms with Gasteiger partial charge in [0.05, 0.1) is 11.4 Å². The van der Waals surface area contributed by atoms with Gasteiger partial charge in [-0.1, -0.05) is 41.7 Å². The van der Waals surface area contributed by atoms with E-state index in [1.807, 2.05) is 42.3 Å². The van der Waals surface area contributed by atoms with Crippen LogP contribution in [0.2, 0.25) is 0 Å². The van der Waals surface area contributed by atoms with Gasteiger partial charge in [0.25, 0.3) is 0 Å². The molecule has 2 aromatic rings. The Morgan fingerprint density at radius 1 is 1.39 bits per heavy atom. The molecule has 2 heterocycles. The van der Waals surface area contributed by atoms with Crippen molar-refractivity contribution in [2.45, 2.75) is 6.04 Å². The van der Waals surface area contributed by atoms with Crippen molar-refractivity contribution in [2.24, 2.45) is 0 Å². The van der Waals surface area contributed by atoms with Crippen LogP contribution in [0.5, 0.6) is 0 Å². The van der Waals surface area contributed by atoms with Crippen LogP contribution in [0, 0.1) is 11.5 Å². The smallest absolute Gasteiger partial charge is 0.245 e. The van der Waals surface area contributed by atoms with Gasteiger partial charge in [-0.25, -0.2) is 4.98 Å². The number of benzene rings is 1. The number of hydrogen-bond acceptors (Lipinski definition) is 6. The van der Waals surface area contributed by atoms with Crippen LogP contribution in [0.15, 0.2) is 36.5 Å². The first-order chi connectivity index (χ1) is 11.2. The molecule has 7 heteroatoms. The molecule has 1 N–H and O–H groups in total. The van der Waals surface area contributed by atoms with Gasteiger partial charge < -0.3 is 10.2 Å². The zero-order chi connectivity index (χ0) is 16.2. The van der Waals surface area contributed by atoms with Crippen LogP contribution in [-0.4, -0.2) is 53.4 Å². The second kappa shape index (κ2) is 6.77. The molecule has 1 atom stereocenters. The van der Waals surface area contributed by atoms with Gasteiger partial charge in [0.1, 0.15) is 6.04 Å². The van der Waals surface area contributed by atoms with E-state index < -0.39 is 0 Å². The zero-order valence-corrected chi connectivity index (χ0v) is 13.6. The average molecular weight is 327 g/mol. The lowest BCUT2D eigenvalue weighted by molar-refractivity contribution is -0.122. The summed E-state index contributed by atoms with van der Waals surface area (Å²) in [6.45, 7) is 1.76. The van der Waals surface area contributed by atoms with Crippen molar-refractivity contribution in [3.05, 3.63) is 36.5 Å². The topological polar surface area (TPSA) is 72.3 Å². The Morgan fingerprint density at radius 3 is 2.91 bits per heavy atom. The third-order valence-electron chi connectivity index (χ3n) is 3.89. The van der Waals surface area contributed by atoms with E-state index in [9.17, 15) is 4.79 Å². The van der Waals surface area contributed by atoms with Crippen LogP contribution in [0.4, 0.5) is 5.13 Å². The van der Waals surface area contributed by atoms with Gasteiger partial charge in [-0.3, -0.25) is 9.69 Å². The van der Waals surface area contributed by atoms with Gasteiger partial charge in [-0.2, -0.15) is 5.26 Å². The lowest BCUT2D eigenvalue weighted by atomic mass is 10.2. The van der Waals surface area contributed by atoms with Crippen LogP contribution in [-0.2, 0) is 4.79 Å². The normalized spacial score (nSPS) is 18.4. The minimum Gasteiger partial charge on any atom is -0.307 e. The van der Waals surface area contributed by atoms with Crippen LogP contribution in [0.1, 0.15) is 0 Å². The summed E-state index contributed by atoms with van der Waals surface area (Å²) >= 11 is 1.45. The second-order valence-electron chi connectivity index (χ2n) is 5.43.